The highest BCUT2D eigenvalue weighted by Gasteiger charge is 2.27. The van der Waals surface area contributed by atoms with Gasteiger partial charge in [0.05, 0.1) is 12.6 Å². The highest BCUT2D eigenvalue weighted by molar-refractivity contribution is 8.14. The Hall–Kier alpha value is -0.220. The second kappa shape index (κ2) is 5.03. The van der Waals surface area contributed by atoms with Gasteiger partial charge in [0.1, 0.15) is 0 Å². The van der Waals surface area contributed by atoms with Gasteiger partial charge < -0.3 is 10.1 Å². The molecule has 0 bridgehead atoms. The molecule has 0 aromatic rings. The smallest absolute Gasteiger partial charge is 0.157 e. The molecule has 1 saturated carbocycles. The van der Waals surface area contributed by atoms with E-state index in [1.165, 1.54) is 25.7 Å². The largest absolute Gasteiger partial charge is 0.380 e. The Morgan fingerprint density at radius 1 is 1.43 bits per heavy atom. The number of aliphatic imine (C=N–C) groups is 1. The Kier molecular flexibility index (Phi) is 3.70. The Bertz CT molecular complexity index is 220. The van der Waals surface area contributed by atoms with E-state index >= 15 is 0 Å². The van der Waals surface area contributed by atoms with Gasteiger partial charge in [-0.25, -0.2) is 0 Å². The van der Waals surface area contributed by atoms with E-state index in [2.05, 4.69) is 10.3 Å². The molecular weight excluding hydrogens is 196 g/mol. The first kappa shape index (κ1) is 10.3. The standard InChI is InChI=1S/C10H18N2OS/c1-13-8-4-2-3-5-9(8)14-10-11-6-7-12-10/h8-9H,2-7H2,1H3,(H,11,12). The maximum absolute atomic E-state index is 5.51. The van der Waals surface area contributed by atoms with Crippen molar-refractivity contribution in [2.45, 2.75) is 37.0 Å². The molecule has 0 aromatic heterocycles. The first-order chi connectivity index (χ1) is 6.90. The molecule has 2 rings (SSSR count). The predicted octanol–water partition coefficient (Wildman–Crippen LogP) is 1.64. The Morgan fingerprint density at radius 2 is 2.29 bits per heavy atom. The SMILES string of the molecule is COC1CCCCC1SC1=NCCN1. The monoisotopic (exact) mass is 214 g/mol. The van der Waals surface area contributed by atoms with Crippen LogP contribution in [0.1, 0.15) is 25.7 Å². The van der Waals surface area contributed by atoms with Crippen LogP contribution in [-0.4, -0.2) is 36.7 Å². The summed E-state index contributed by atoms with van der Waals surface area (Å²) in [5.74, 6) is 0. The molecule has 14 heavy (non-hydrogen) atoms. The molecule has 2 atom stereocenters. The summed E-state index contributed by atoms with van der Waals surface area (Å²) in [4.78, 5) is 4.41. The summed E-state index contributed by atoms with van der Waals surface area (Å²) in [6, 6.07) is 0. The highest BCUT2D eigenvalue weighted by atomic mass is 32.2. The van der Waals surface area contributed by atoms with Gasteiger partial charge in [-0.1, -0.05) is 24.6 Å². The van der Waals surface area contributed by atoms with E-state index in [0.717, 1.165) is 18.3 Å². The third-order valence-electron chi connectivity index (χ3n) is 2.85. The van der Waals surface area contributed by atoms with Gasteiger partial charge in [0, 0.05) is 18.9 Å². The zero-order chi connectivity index (χ0) is 9.80. The second-order valence-electron chi connectivity index (χ2n) is 3.83. The number of rotatable bonds is 2. The summed E-state index contributed by atoms with van der Waals surface area (Å²) in [5.41, 5.74) is 0. The third-order valence-corrected chi connectivity index (χ3v) is 4.19. The van der Waals surface area contributed by atoms with Gasteiger partial charge in [0.15, 0.2) is 5.17 Å². The normalized spacial score (nSPS) is 32.5. The van der Waals surface area contributed by atoms with Crippen LogP contribution in [-0.2, 0) is 4.74 Å². The minimum absolute atomic E-state index is 0.429. The van der Waals surface area contributed by atoms with Crippen molar-refractivity contribution in [2.75, 3.05) is 20.2 Å². The molecule has 80 valence electrons. The molecule has 2 unspecified atom stereocenters. The molecular formula is C10H18N2OS. The predicted molar refractivity (Wildman–Crippen MR) is 60.9 cm³/mol. The number of thioether (sulfide) groups is 1. The molecule has 1 aliphatic carbocycles. The Balaban J connectivity index is 1.87. The lowest BCUT2D eigenvalue weighted by Gasteiger charge is -2.29. The maximum atomic E-state index is 5.51. The summed E-state index contributed by atoms with van der Waals surface area (Å²) in [6.07, 6.45) is 5.56. The number of nitrogens with one attached hydrogen (secondary N) is 1. The van der Waals surface area contributed by atoms with Crippen molar-refractivity contribution in [3.63, 3.8) is 0 Å². The quantitative estimate of drug-likeness (QED) is 0.758. The molecule has 2 aliphatic rings. The van der Waals surface area contributed by atoms with E-state index in [9.17, 15) is 0 Å². The van der Waals surface area contributed by atoms with Gasteiger partial charge in [-0.05, 0) is 12.8 Å². The van der Waals surface area contributed by atoms with Crippen LogP contribution in [0.25, 0.3) is 0 Å². The van der Waals surface area contributed by atoms with Gasteiger partial charge in [-0.2, -0.15) is 0 Å². The van der Waals surface area contributed by atoms with Gasteiger partial charge in [-0.3, -0.25) is 4.99 Å². The topological polar surface area (TPSA) is 33.6 Å². The molecule has 0 saturated heterocycles. The van der Waals surface area contributed by atoms with Gasteiger partial charge in [0.25, 0.3) is 0 Å². The lowest BCUT2D eigenvalue weighted by molar-refractivity contribution is 0.0766. The number of amidine groups is 1. The molecule has 0 aromatic carbocycles. The Labute approximate surface area is 89.7 Å². The second-order valence-corrected chi connectivity index (χ2v) is 5.06. The van der Waals surface area contributed by atoms with E-state index in [0.29, 0.717) is 11.4 Å². The van der Waals surface area contributed by atoms with Crippen LogP contribution < -0.4 is 5.32 Å². The van der Waals surface area contributed by atoms with Crippen molar-refractivity contribution in [3.05, 3.63) is 0 Å². The van der Waals surface area contributed by atoms with Crippen LogP contribution in [0.3, 0.4) is 0 Å². The number of methoxy groups -OCH3 is 1. The molecule has 1 aliphatic heterocycles. The van der Waals surface area contributed by atoms with E-state index in [1.54, 1.807) is 0 Å². The van der Waals surface area contributed by atoms with Crippen LogP contribution in [0, 0.1) is 0 Å². The molecule has 0 spiro atoms. The van der Waals surface area contributed by atoms with E-state index in [1.807, 2.05) is 18.9 Å². The number of hydrogen-bond acceptors (Lipinski definition) is 4. The highest BCUT2D eigenvalue weighted by Crippen LogP contribution is 2.31. The maximum Gasteiger partial charge on any atom is 0.157 e. The van der Waals surface area contributed by atoms with Crippen molar-refractivity contribution < 1.29 is 4.74 Å². The average Bonchev–Trinajstić information content (AvgIpc) is 2.71. The average molecular weight is 214 g/mol. The van der Waals surface area contributed by atoms with Crippen LogP contribution in [0.2, 0.25) is 0 Å². The molecule has 1 fully saturated rings. The van der Waals surface area contributed by atoms with Crippen LogP contribution in [0.15, 0.2) is 4.99 Å². The zero-order valence-corrected chi connectivity index (χ0v) is 9.48. The van der Waals surface area contributed by atoms with Crippen LogP contribution in [0.4, 0.5) is 0 Å². The van der Waals surface area contributed by atoms with Gasteiger partial charge >= 0.3 is 0 Å². The number of hydrogen-bond donors (Lipinski definition) is 1. The molecule has 0 radical (unpaired) electrons. The number of ether oxygens (including phenoxy) is 1. The summed E-state index contributed by atoms with van der Waals surface area (Å²) in [5, 5.41) is 5.04. The molecule has 3 nitrogen and oxygen atoms in total. The van der Waals surface area contributed by atoms with Crippen LogP contribution >= 0.6 is 11.8 Å². The summed E-state index contributed by atoms with van der Waals surface area (Å²) >= 11 is 1.87. The number of nitrogens with zero attached hydrogens (tertiary/aromatic N) is 1. The first-order valence-electron chi connectivity index (χ1n) is 5.38. The summed E-state index contributed by atoms with van der Waals surface area (Å²) < 4.78 is 5.51. The fraction of sp³-hybridized carbons (Fsp3) is 0.900. The molecule has 0 amide bonds. The van der Waals surface area contributed by atoms with Gasteiger partial charge in [-0.15, -0.1) is 0 Å². The van der Waals surface area contributed by atoms with E-state index in [4.69, 9.17) is 4.74 Å². The summed E-state index contributed by atoms with van der Waals surface area (Å²) in [6.45, 7) is 1.94. The minimum Gasteiger partial charge on any atom is -0.380 e. The Morgan fingerprint density at radius 3 is 3.00 bits per heavy atom. The first-order valence-corrected chi connectivity index (χ1v) is 6.26. The lowest BCUT2D eigenvalue weighted by Crippen LogP contribution is -2.31. The van der Waals surface area contributed by atoms with Crippen LogP contribution in [0.5, 0.6) is 0 Å². The fourth-order valence-electron chi connectivity index (χ4n) is 2.07. The van der Waals surface area contributed by atoms with Crippen molar-refractivity contribution in [1.29, 1.82) is 0 Å². The van der Waals surface area contributed by atoms with Crippen molar-refractivity contribution in [3.8, 4) is 0 Å². The minimum atomic E-state index is 0.429. The van der Waals surface area contributed by atoms with E-state index in [-0.39, 0.29) is 0 Å². The lowest BCUT2D eigenvalue weighted by atomic mass is 9.97. The van der Waals surface area contributed by atoms with Crippen molar-refractivity contribution >= 4 is 16.9 Å². The zero-order valence-electron chi connectivity index (χ0n) is 8.66. The van der Waals surface area contributed by atoms with Crippen molar-refractivity contribution in [1.82, 2.24) is 5.32 Å². The van der Waals surface area contributed by atoms with E-state index < -0.39 is 0 Å². The molecule has 1 heterocycles. The molecule has 4 heteroatoms. The molecule has 1 N–H and O–H groups in total. The fourth-order valence-corrected chi connectivity index (χ4v) is 3.39. The third kappa shape index (κ3) is 2.42. The summed E-state index contributed by atoms with van der Waals surface area (Å²) in [7, 11) is 1.83. The van der Waals surface area contributed by atoms with Gasteiger partial charge in [0.2, 0.25) is 0 Å². The van der Waals surface area contributed by atoms with Crippen molar-refractivity contribution in [2.24, 2.45) is 4.99 Å².